The monoisotopic (exact) mass is 300 g/mol. The number of ether oxygens (including phenoxy) is 2. The summed E-state index contributed by atoms with van der Waals surface area (Å²) in [6.45, 7) is 4.09. The molecule has 0 amide bonds. The summed E-state index contributed by atoms with van der Waals surface area (Å²) in [5.41, 5.74) is 5.34. The summed E-state index contributed by atoms with van der Waals surface area (Å²) in [7, 11) is 0. The molecule has 1 aromatic carbocycles. The predicted molar refractivity (Wildman–Crippen MR) is 80.4 cm³/mol. The number of rotatable bonds is 0. The second kappa shape index (κ2) is 4.83. The van der Waals surface area contributed by atoms with Crippen molar-refractivity contribution in [2.75, 3.05) is 13.2 Å². The molecule has 3 aliphatic rings. The Balaban J connectivity index is 2.02. The molecule has 2 bridgehead atoms. The fourth-order valence-electron chi connectivity index (χ4n) is 4.48. The first kappa shape index (κ1) is 13.8. The van der Waals surface area contributed by atoms with E-state index >= 15 is 0 Å². The van der Waals surface area contributed by atoms with Gasteiger partial charge in [0.05, 0.1) is 11.1 Å². The van der Waals surface area contributed by atoms with Crippen molar-refractivity contribution in [1.82, 2.24) is 0 Å². The summed E-state index contributed by atoms with van der Waals surface area (Å²) < 4.78 is 10.6. The van der Waals surface area contributed by atoms with Gasteiger partial charge in [-0.25, -0.2) is 9.59 Å². The molecule has 2 aliphatic carbocycles. The number of benzene rings is 1. The van der Waals surface area contributed by atoms with Crippen LogP contribution >= 0.6 is 0 Å². The lowest BCUT2D eigenvalue weighted by molar-refractivity contribution is 0.0250. The average molecular weight is 300 g/mol. The van der Waals surface area contributed by atoms with E-state index in [1.165, 1.54) is 12.8 Å². The van der Waals surface area contributed by atoms with Gasteiger partial charge in [0.2, 0.25) is 0 Å². The van der Waals surface area contributed by atoms with Gasteiger partial charge in [0.15, 0.2) is 0 Å². The first-order valence-electron chi connectivity index (χ1n) is 8.12. The van der Waals surface area contributed by atoms with Gasteiger partial charge in [0, 0.05) is 0 Å². The van der Waals surface area contributed by atoms with E-state index in [0.29, 0.717) is 23.0 Å². The van der Waals surface area contributed by atoms with Crippen LogP contribution in [-0.4, -0.2) is 25.2 Å². The molecule has 2 unspecified atom stereocenters. The van der Waals surface area contributed by atoms with Crippen LogP contribution in [-0.2, 0) is 9.47 Å². The van der Waals surface area contributed by atoms with E-state index < -0.39 is 0 Å². The van der Waals surface area contributed by atoms with Crippen LogP contribution in [0.3, 0.4) is 0 Å². The molecule has 1 aliphatic heterocycles. The SMILES string of the molecule is Cc1c(C)c2c3c(c1C(=O)OCCOC2=O)C1CCCCC31. The molecule has 0 N–H and O–H groups in total. The van der Waals surface area contributed by atoms with Crippen molar-refractivity contribution >= 4 is 11.9 Å². The van der Waals surface area contributed by atoms with E-state index in [0.717, 1.165) is 35.1 Å². The molecular weight excluding hydrogens is 280 g/mol. The number of hydrogen-bond acceptors (Lipinski definition) is 4. The van der Waals surface area contributed by atoms with E-state index in [2.05, 4.69) is 0 Å². The summed E-state index contributed by atoms with van der Waals surface area (Å²) in [4.78, 5) is 25.0. The Kier molecular flexibility index (Phi) is 3.03. The third-order valence-corrected chi connectivity index (χ3v) is 5.61. The summed E-state index contributed by atoms with van der Waals surface area (Å²) in [6, 6.07) is 0. The topological polar surface area (TPSA) is 52.6 Å². The molecule has 116 valence electrons. The Hall–Kier alpha value is -1.84. The summed E-state index contributed by atoms with van der Waals surface area (Å²) in [5.74, 6) is 0.309. The van der Waals surface area contributed by atoms with E-state index in [1.54, 1.807) is 0 Å². The van der Waals surface area contributed by atoms with Crippen LogP contribution in [0.4, 0.5) is 0 Å². The molecule has 22 heavy (non-hydrogen) atoms. The minimum atomic E-state index is -0.259. The normalized spacial score (nSPS) is 26.5. The Bertz CT molecular complexity index is 630. The second-order valence-electron chi connectivity index (χ2n) is 6.60. The third kappa shape index (κ3) is 1.70. The standard InChI is InChI=1S/C18H20O4/c1-9-10(2)14-16-12-6-4-3-5-11(12)15(16)13(9)17(19)21-7-8-22-18(14)20/h11-12H,3-8H2,1-2H3. The summed E-state index contributed by atoms with van der Waals surface area (Å²) >= 11 is 0. The highest BCUT2D eigenvalue weighted by Gasteiger charge is 2.46. The zero-order valence-corrected chi connectivity index (χ0v) is 13.0. The maximum Gasteiger partial charge on any atom is 0.338 e. The molecule has 4 rings (SSSR count). The highest BCUT2D eigenvalue weighted by Crippen LogP contribution is 2.58. The van der Waals surface area contributed by atoms with Gasteiger partial charge < -0.3 is 9.47 Å². The van der Waals surface area contributed by atoms with Crippen molar-refractivity contribution < 1.29 is 19.1 Å². The number of fused-ring (bicyclic) bond motifs is 1. The Morgan fingerprint density at radius 3 is 1.59 bits per heavy atom. The molecule has 0 radical (unpaired) electrons. The molecule has 0 saturated heterocycles. The maximum absolute atomic E-state index is 12.5. The van der Waals surface area contributed by atoms with Crippen molar-refractivity contribution in [3.8, 4) is 0 Å². The smallest absolute Gasteiger partial charge is 0.338 e. The Morgan fingerprint density at radius 2 is 1.18 bits per heavy atom. The summed E-state index contributed by atoms with van der Waals surface area (Å²) in [5, 5.41) is 0. The van der Waals surface area contributed by atoms with Crippen LogP contribution < -0.4 is 0 Å². The molecular formula is C18H20O4. The van der Waals surface area contributed by atoms with E-state index in [-0.39, 0.29) is 25.2 Å². The van der Waals surface area contributed by atoms with Gasteiger partial charge >= 0.3 is 11.9 Å². The molecule has 0 aromatic heterocycles. The number of esters is 2. The summed E-state index contributed by atoms with van der Waals surface area (Å²) in [6.07, 6.45) is 4.60. The van der Waals surface area contributed by atoms with Gasteiger partial charge in [0.25, 0.3) is 0 Å². The minimum absolute atomic E-state index is 0.129. The van der Waals surface area contributed by atoms with Crippen molar-refractivity contribution in [1.29, 1.82) is 0 Å². The van der Waals surface area contributed by atoms with Crippen molar-refractivity contribution in [3.63, 3.8) is 0 Å². The number of carbonyl (C=O) groups excluding carboxylic acids is 2. The fourth-order valence-corrected chi connectivity index (χ4v) is 4.48. The molecule has 0 spiro atoms. The molecule has 1 aromatic rings. The zero-order valence-electron chi connectivity index (χ0n) is 13.0. The molecule has 4 nitrogen and oxygen atoms in total. The highest BCUT2D eigenvalue weighted by molar-refractivity contribution is 6.01. The lowest BCUT2D eigenvalue weighted by Gasteiger charge is -2.46. The lowest BCUT2D eigenvalue weighted by Crippen LogP contribution is -2.35. The maximum atomic E-state index is 12.5. The first-order chi connectivity index (χ1) is 10.6. The van der Waals surface area contributed by atoms with Crippen molar-refractivity contribution in [2.45, 2.75) is 51.4 Å². The minimum Gasteiger partial charge on any atom is -0.458 e. The van der Waals surface area contributed by atoms with E-state index in [9.17, 15) is 9.59 Å². The molecule has 1 fully saturated rings. The van der Waals surface area contributed by atoms with Crippen LogP contribution in [0.2, 0.25) is 0 Å². The number of carbonyl (C=O) groups is 2. The van der Waals surface area contributed by atoms with Crippen LogP contribution in [0.25, 0.3) is 0 Å². The highest BCUT2D eigenvalue weighted by atomic mass is 16.6. The predicted octanol–water partition coefficient (Wildman–Crippen LogP) is 3.39. The molecule has 1 heterocycles. The van der Waals surface area contributed by atoms with Gasteiger partial charge in [0.1, 0.15) is 13.2 Å². The van der Waals surface area contributed by atoms with E-state index in [4.69, 9.17) is 9.47 Å². The molecule has 4 heteroatoms. The molecule has 1 saturated carbocycles. The van der Waals surface area contributed by atoms with Gasteiger partial charge in [-0.05, 0) is 60.8 Å². The second-order valence-corrected chi connectivity index (χ2v) is 6.60. The van der Waals surface area contributed by atoms with Gasteiger partial charge in [-0.3, -0.25) is 0 Å². The van der Waals surface area contributed by atoms with Crippen LogP contribution in [0.15, 0.2) is 0 Å². The van der Waals surface area contributed by atoms with Gasteiger partial charge in [-0.2, -0.15) is 0 Å². The van der Waals surface area contributed by atoms with E-state index in [1.807, 2.05) is 13.8 Å². The lowest BCUT2D eigenvalue weighted by atomic mass is 9.57. The Labute approximate surface area is 129 Å². The third-order valence-electron chi connectivity index (χ3n) is 5.61. The number of cyclic esters (lactones) is 2. The van der Waals surface area contributed by atoms with Crippen LogP contribution in [0.1, 0.15) is 80.5 Å². The van der Waals surface area contributed by atoms with Crippen molar-refractivity contribution in [2.24, 2.45) is 0 Å². The van der Waals surface area contributed by atoms with Gasteiger partial charge in [-0.15, -0.1) is 0 Å². The first-order valence-corrected chi connectivity index (χ1v) is 8.12. The van der Waals surface area contributed by atoms with Crippen LogP contribution in [0.5, 0.6) is 0 Å². The molecule has 2 atom stereocenters. The fraction of sp³-hybridized carbons (Fsp3) is 0.556. The average Bonchev–Trinajstić information content (AvgIpc) is 2.51. The quantitative estimate of drug-likeness (QED) is 0.689. The van der Waals surface area contributed by atoms with Crippen LogP contribution in [0, 0.1) is 13.8 Å². The Morgan fingerprint density at radius 1 is 0.773 bits per heavy atom. The zero-order chi connectivity index (χ0) is 15.4. The largest absolute Gasteiger partial charge is 0.458 e. The number of hydrogen-bond donors (Lipinski definition) is 0. The van der Waals surface area contributed by atoms with Crippen molar-refractivity contribution in [3.05, 3.63) is 33.4 Å². The van der Waals surface area contributed by atoms with Gasteiger partial charge in [-0.1, -0.05) is 12.8 Å².